The van der Waals surface area contributed by atoms with Crippen LogP contribution in [0, 0.1) is 0 Å². The summed E-state index contributed by atoms with van der Waals surface area (Å²) in [7, 11) is 3.06. The topological polar surface area (TPSA) is 95.4 Å². The van der Waals surface area contributed by atoms with E-state index in [0.717, 1.165) is 0 Å². The molecule has 0 bridgehead atoms. The van der Waals surface area contributed by atoms with Crippen LogP contribution in [0.5, 0.6) is 11.5 Å². The maximum absolute atomic E-state index is 12.6. The molecule has 0 spiro atoms. The van der Waals surface area contributed by atoms with Gasteiger partial charge in [-0.15, -0.1) is 5.10 Å². The summed E-state index contributed by atoms with van der Waals surface area (Å²) in [6.07, 6.45) is 1.51. The lowest BCUT2D eigenvalue weighted by Gasteiger charge is -2.10. The second-order valence-electron chi connectivity index (χ2n) is 5.73. The fraction of sp³-hybridized carbons (Fsp3) is 0.105. The van der Waals surface area contributed by atoms with E-state index in [1.165, 1.54) is 13.3 Å². The van der Waals surface area contributed by atoms with Gasteiger partial charge in [0.05, 0.1) is 36.2 Å². The highest BCUT2D eigenvalue weighted by Gasteiger charge is 2.23. The Morgan fingerprint density at radius 1 is 1.11 bits per heavy atom. The molecule has 2 aromatic rings. The smallest absolute Gasteiger partial charge is 0.365 e. The summed E-state index contributed by atoms with van der Waals surface area (Å²) < 4.78 is 10.7. The van der Waals surface area contributed by atoms with E-state index in [9.17, 15) is 9.59 Å². The summed E-state index contributed by atoms with van der Waals surface area (Å²) in [5.41, 5.74) is 1.05. The van der Waals surface area contributed by atoms with Gasteiger partial charge in [0, 0.05) is 18.3 Å². The van der Waals surface area contributed by atoms with Crippen molar-refractivity contribution in [3.05, 3.63) is 64.6 Å². The highest BCUT2D eigenvalue weighted by Crippen LogP contribution is 2.36. The molecule has 8 nitrogen and oxygen atoms in total. The van der Waals surface area contributed by atoms with Gasteiger partial charge in [0.2, 0.25) is 0 Å². The molecule has 0 aromatic heterocycles. The third kappa shape index (κ3) is 2.77. The minimum Gasteiger partial charge on any atom is -0.497 e. The summed E-state index contributed by atoms with van der Waals surface area (Å²) in [6.45, 7) is 0. The van der Waals surface area contributed by atoms with Gasteiger partial charge in [0.25, 0.3) is 0 Å². The van der Waals surface area contributed by atoms with Crippen LogP contribution < -0.4 is 19.9 Å². The van der Waals surface area contributed by atoms with Crippen molar-refractivity contribution in [2.24, 2.45) is 0 Å². The Bertz CT molecular complexity index is 1160. The predicted molar refractivity (Wildman–Crippen MR) is 97.4 cm³/mol. The van der Waals surface area contributed by atoms with E-state index in [4.69, 9.17) is 14.3 Å². The minimum atomic E-state index is -0.678. The van der Waals surface area contributed by atoms with Crippen LogP contribution in [0.2, 0.25) is 0 Å². The molecule has 0 saturated carbocycles. The predicted octanol–water partition coefficient (Wildman–Crippen LogP) is 2.12. The monoisotopic (exact) mass is 365 g/mol. The third-order valence-electron chi connectivity index (χ3n) is 4.17. The zero-order valence-electron chi connectivity index (χ0n) is 14.6. The largest absolute Gasteiger partial charge is 0.497 e. The fourth-order valence-electron chi connectivity index (χ4n) is 2.85. The van der Waals surface area contributed by atoms with E-state index in [-0.39, 0.29) is 5.56 Å². The number of methoxy groups -OCH3 is 2. The van der Waals surface area contributed by atoms with Crippen LogP contribution in [-0.4, -0.2) is 35.1 Å². The van der Waals surface area contributed by atoms with Gasteiger partial charge in [-0.2, -0.15) is 0 Å². The molecule has 2 aromatic carbocycles. The highest BCUT2D eigenvalue weighted by atomic mass is 16.7. The molecule has 4 rings (SSSR count). The Morgan fingerprint density at radius 2 is 1.89 bits per heavy atom. The van der Waals surface area contributed by atoms with Gasteiger partial charge >= 0.3 is 11.5 Å². The van der Waals surface area contributed by atoms with Crippen molar-refractivity contribution >= 4 is 16.9 Å². The molecule has 0 unspecified atom stereocenters. The average Bonchev–Trinajstić information content (AvgIpc) is 3.03. The normalized spacial score (nSPS) is 10.9. The summed E-state index contributed by atoms with van der Waals surface area (Å²) in [6, 6.07) is 11.8. The molecule has 136 valence electrons. The lowest BCUT2D eigenvalue weighted by atomic mass is 10.1. The number of rotatable bonds is 4. The van der Waals surface area contributed by atoms with Crippen LogP contribution in [0.1, 0.15) is 10.4 Å². The first-order valence-corrected chi connectivity index (χ1v) is 8.06. The van der Waals surface area contributed by atoms with E-state index in [1.54, 1.807) is 49.6 Å². The van der Waals surface area contributed by atoms with Crippen molar-refractivity contribution in [3.8, 4) is 22.8 Å². The van der Waals surface area contributed by atoms with Crippen molar-refractivity contribution in [3.63, 3.8) is 0 Å². The van der Waals surface area contributed by atoms with Crippen LogP contribution in [0.25, 0.3) is 22.2 Å². The first-order valence-electron chi connectivity index (χ1n) is 8.06. The van der Waals surface area contributed by atoms with Crippen LogP contribution in [-0.2, 0) is 0 Å². The minimum absolute atomic E-state index is 0.270. The number of pyridine rings is 1. The number of aromatic nitrogens is 3. The number of benzene rings is 2. The SMILES string of the molecule is COc1cc(OC)c2c3nn(OC(=O)c4ccccc4)c(=O)c-3c[nH]c2c1. The molecule has 0 saturated heterocycles. The third-order valence-corrected chi connectivity index (χ3v) is 4.17. The van der Waals surface area contributed by atoms with Crippen LogP contribution in [0.4, 0.5) is 0 Å². The number of carbonyl (C=O) groups is 1. The van der Waals surface area contributed by atoms with Gasteiger partial charge in [0.1, 0.15) is 17.2 Å². The Morgan fingerprint density at radius 3 is 2.59 bits per heavy atom. The maximum Gasteiger partial charge on any atom is 0.365 e. The molecule has 2 heterocycles. The molecule has 0 radical (unpaired) electrons. The highest BCUT2D eigenvalue weighted by molar-refractivity contribution is 5.98. The summed E-state index contributed by atoms with van der Waals surface area (Å²) in [4.78, 5) is 33.7. The van der Waals surface area contributed by atoms with Crippen LogP contribution in [0.3, 0.4) is 0 Å². The zero-order valence-corrected chi connectivity index (χ0v) is 14.6. The van der Waals surface area contributed by atoms with E-state index < -0.39 is 11.5 Å². The van der Waals surface area contributed by atoms with Crippen molar-refractivity contribution in [1.29, 1.82) is 0 Å². The van der Waals surface area contributed by atoms with Gasteiger partial charge in [-0.25, -0.2) is 4.79 Å². The summed E-state index contributed by atoms with van der Waals surface area (Å²) >= 11 is 0. The standard InChI is InChI=1S/C19H15N3O5/c1-25-12-8-14-16(15(9-12)26-2)17-13(10-20-14)18(23)22(21-17)27-19(24)11-6-4-3-5-7-11/h3-10,20H,1-2H3. The van der Waals surface area contributed by atoms with Crippen molar-refractivity contribution < 1.29 is 19.1 Å². The first kappa shape index (κ1) is 16.6. The molecule has 0 fully saturated rings. The zero-order chi connectivity index (χ0) is 19.0. The molecule has 8 heteroatoms. The van der Waals surface area contributed by atoms with Gasteiger partial charge in [-0.3, -0.25) is 4.79 Å². The van der Waals surface area contributed by atoms with Gasteiger partial charge in [-0.05, 0) is 17.0 Å². The van der Waals surface area contributed by atoms with Crippen molar-refractivity contribution in [2.75, 3.05) is 14.2 Å². The number of hydrogen-bond donors (Lipinski definition) is 1. The average molecular weight is 365 g/mol. The molecule has 2 aliphatic rings. The summed E-state index contributed by atoms with van der Waals surface area (Å²) in [5.74, 6) is 0.389. The molecule has 1 N–H and O–H groups in total. The lowest BCUT2D eigenvalue weighted by molar-refractivity contribution is 0.0379. The Hall–Kier alpha value is -3.81. The quantitative estimate of drug-likeness (QED) is 0.595. The molecule has 0 amide bonds. The number of ether oxygens (including phenoxy) is 2. The second kappa shape index (κ2) is 6.49. The van der Waals surface area contributed by atoms with Gasteiger partial charge < -0.3 is 19.3 Å². The molecule has 27 heavy (non-hydrogen) atoms. The molecular formula is C19H15N3O5. The molecule has 2 aliphatic heterocycles. The van der Waals surface area contributed by atoms with E-state index >= 15 is 0 Å². The number of nitrogens with one attached hydrogen (secondary N) is 1. The number of hydrogen-bond acceptors (Lipinski definition) is 6. The first-order chi connectivity index (χ1) is 13.1. The Balaban J connectivity index is 1.85. The van der Waals surface area contributed by atoms with Crippen LogP contribution >= 0.6 is 0 Å². The van der Waals surface area contributed by atoms with Gasteiger partial charge in [0.15, 0.2) is 0 Å². The number of carbonyl (C=O) groups excluding carboxylic acids is 1. The van der Waals surface area contributed by atoms with Gasteiger partial charge in [-0.1, -0.05) is 18.2 Å². The Kier molecular flexibility index (Phi) is 4.00. The fourth-order valence-corrected chi connectivity index (χ4v) is 2.85. The number of H-pyrrole nitrogens is 1. The second-order valence-corrected chi connectivity index (χ2v) is 5.73. The number of aromatic amines is 1. The van der Waals surface area contributed by atoms with E-state index in [2.05, 4.69) is 10.1 Å². The van der Waals surface area contributed by atoms with Crippen LogP contribution in [0.15, 0.2) is 53.5 Å². The molecular weight excluding hydrogens is 350 g/mol. The number of nitrogens with zero attached hydrogens (tertiary/aromatic N) is 2. The van der Waals surface area contributed by atoms with Crippen molar-refractivity contribution in [1.82, 2.24) is 14.9 Å². The molecule has 0 atom stereocenters. The van der Waals surface area contributed by atoms with Crippen molar-refractivity contribution in [2.45, 2.75) is 0 Å². The summed E-state index contributed by atoms with van der Waals surface area (Å²) in [5, 5.41) is 4.78. The number of fused-ring (bicyclic) bond motifs is 3. The lowest BCUT2D eigenvalue weighted by Crippen LogP contribution is -2.29. The molecule has 0 aliphatic carbocycles. The maximum atomic E-state index is 12.6. The van der Waals surface area contributed by atoms with E-state index in [0.29, 0.717) is 38.5 Å². The Labute approximate surface area is 153 Å². The van der Waals surface area contributed by atoms with E-state index in [1.807, 2.05) is 0 Å².